The van der Waals surface area contributed by atoms with E-state index < -0.39 is 24.8 Å². The molecule has 0 fully saturated rings. The summed E-state index contributed by atoms with van der Waals surface area (Å²) in [4.78, 5) is 19.0. The zero-order valence-corrected chi connectivity index (χ0v) is 6.96. The summed E-state index contributed by atoms with van der Waals surface area (Å²) in [6.45, 7) is 0. The fourth-order valence-electron chi connectivity index (χ4n) is 0.204. The van der Waals surface area contributed by atoms with Crippen LogP contribution in [0.25, 0.3) is 0 Å². The quantitative estimate of drug-likeness (QED) is 0.435. The third-order valence-electron chi connectivity index (χ3n) is 0.533. The third-order valence-corrected chi connectivity index (χ3v) is 0.533. The van der Waals surface area contributed by atoms with E-state index in [9.17, 15) is 19.8 Å². The normalized spacial score (nSPS) is 6.18. The van der Waals surface area contributed by atoms with Gasteiger partial charge in [0.05, 0.1) is 0 Å². The Balaban J connectivity index is -0.0000000817. The summed E-state index contributed by atoms with van der Waals surface area (Å²) < 4.78 is 0. The van der Waals surface area contributed by atoms with Gasteiger partial charge in [0.1, 0.15) is 0 Å². The zero-order valence-electron chi connectivity index (χ0n) is 4.75. The van der Waals surface area contributed by atoms with Crippen LogP contribution in [0.15, 0.2) is 0 Å². The van der Waals surface area contributed by atoms with Crippen molar-refractivity contribution in [3.8, 4) is 0 Å². The molecule has 0 radical (unpaired) electrons. The van der Waals surface area contributed by atoms with Gasteiger partial charge in [-0.25, -0.2) is 0 Å². The van der Waals surface area contributed by atoms with Crippen molar-refractivity contribution >= 4 is 109 Å². The first-order valence-electron chi connectivity index (χ1n) is 2.02. The minimum atomic E-state index is -1.37. The van der Waals surface area contributed by atoms with Crippen LogP contribution in [0.4, 0.5) is 0 Å². The van der Waals surface area contributed by atoms with Gasteiger partial charge >= 0.3 is 96.9 Å². The molecule has 0 bridgehead atoms. The van der Waals surface area contributed by atoms with Gasteiger partial charge in [-0.3, -0.25) is 0 Å². The van der Waals surface area contributed by atoms with Gasteiger partial charge in [-0.15, -0.1) is 0 Å². The zero-order chi connectivity index (χ0) is 6.57. The molecule has 0 atom stereocenters. The molecular weight excluding hydrogens is 198 g/mol. The molecule has 0 amide bonds. The van der Waals surface area contributed by atoms with Crippen LogP contribution >= 0.6 is 0 Å². The van der Waals surface area contributed by atoms with Crippen molar-refractivity contribution in [1.82, 2.24) is 0 Å². The van der Waals surface area contributed by atoms with E-state index in [2.05, 4.69) is 0 Å². The predicted octanol–water partition coefficient (Wildman–Crippen LogP) is -4.41. The van der Waals surface area contributed by atoms with Gasteiger partial charge < -0.3 is 19.8 Å². The standard InChI is InChI=1S/C4H6O4.Ca.2Na.2H/c5-3(6)1-2-4(7)8;;;;;/h1-2H2,(H,5,6)(H,7,8);;;;;/q;+2;;;;/p-2. The van der Waals surface area contributed by atoms with Crippen molar-refractivity contribution in [3.05, 3.63) is 0 Å². The van der Waals surface area contributed by atoms with Gasteiger partial charge in [-0.1, -0.05) is 0 Å². The number of carbonyl (C=O) groups excluding carboxylic acids is 2. The molecule has 50 valence electrons. The van der Waals surface area contributed by atoms with Crippen molar-refractivity contribution in [2.75, 3.05) is 0 Å². The van der Waals surface area contributed by atoms with Crippen LogP contribution in [0.3, 0.4) is 0 Å². The van der Waals surface area contributed by atoms with Gasteiger partial charge in [-0.05, 0) is 12.8 Å². The van der Waals surface area contributed by atoms with Crippen LogP contribution in [0.2, 0.25) is 0 Å². The Morgan fingerprint density at radius 3 is 1.18 bits per heavy atom. The SMILES string of the molecule is O=C([O-])CCC(=O)[O-].[Ca+2].[NaH].[NaH]. The Kier molecular flexibility index (Phi) is 31.0. The number of carboxylic acid groups (broad SMARTS) is 2. The summed E-state index contributed by atoms with van der Waals surface area (Å²) in [7, 11) is 0. The van der Waals surface area contributed by atoms with Gasteiger partial charge in [0, 0.05) is 11.9 Å². The average Bonchev–Trinajstić information content (AvgIpc) is 1.61. The van der Waals surface area contributed by atoms with E-state index >= 15 is 0 Å². The van der Waals surface area contributed by atoms with Crippen molar-refractivity contribution < 1.29 is 19.8 Å². The maximum absolute atomic E-state index is 9.50. The van der Waals surface area contributed by atoms with Crippen molar-refractivity contribution in [1.29, 1.82) is 0 Å². The summed E-state index contributed by atoms with van der Waals surface area (Å²) in [5.74, 6) is -2.73. The van der Waals surface area contributed by atoms with Crippen molar-refractivity contribution in [2.24, 2.45) is 0 Å². The number of aliphatic carboxylic acids is 2. The topological polar surface area (TPSA) is 80.3 Å². The van der Waals surface area contributed by atoms with Crippen LogP contribution in [0.1, 0.15) is 12.8 Å². The molecule has 11 heavy (non-hydrogen) atoms. The molecule has 7 heteroatoms. The molecular formula is C4H6CaNa2O4. The molecule has 4 nitrogen and oxygen atoms in total. The van der Waals surface area contributed by atoms with E-state index in [0.717, 1.165) is 0 Å². The van der Waals surface area contributed by atoms with Gasteiger partial charge in [0.15, 0.2) is 0 Å². The summed E-state index contributed by atoms with van der Waals surface area (Å²) in [5.41, 5.74) is 0. The molecule has 0 N–H and O–H groups in total. The molecule has 0 aromatic rings. The Bertz CT molecular complexity index is 105. The molecule has 0 aliphatic rings. The van der Waals surface area contributed by atoms with E-state index in [0.29, 0.717) is 0 Å². The molecule has 0 rings (SSSR count). The summed E-state index contributed by atoms with van der Waals surface area (Å²) in [5, 5.41) is 19.0. The van der Waals surface area contributed by atoms with Gasteiger partial charge in [-0.2, -0.15) is 0 Å². The first-order valence-corrected chi connectivity index (χ1v) is 2.02. The van der Waals surface area contributed by atoms with Crippen molar-refractivity contribution in [2.45, 2.75) is 12.8 Å². The molecule has 0 aromatic carbocycles. The Hall–Kier alpha value is 2.20. The fourth-order valence-corrected chi connectivity index (χ4v) is 0.204. The second-order valence-electron chi connectivity index (χ2n) is 1.24. The number of carbonyl (C=O) groups is 2. The van der Waals surface area contributed by atoms with E-state index in [4.69, 9.17) is 0 Å². The van der Waals surface area contributed by atoms with Crippen LogP contribution < -0.4 is 10.2 Å². The fraction of sp³-hybridized carbons (Fsp3) is 0.500. The van der Waals surface area contributed by atoms with Crippen LogP contribution in [-0.4, -0.2) is 109 Å². The summed E-state index contributed by atoms with van der Waals surface area (Å²) in [6.07, 6.45) is -0.940. The molecule has 0 heterocycles. The Labute approximate surface area is 139 Å². The van der Waals surface area contributed by atoms with Crippen LogP contribution in [-0.2, 0) is 9.59 Å². The maximum atomic E-state index is 9.50. The van der Waals surface area contributed by atoms with Crippen molar-refractivity contribution in [3.63, 3.8) is 0 Å². The molecule has 0 aliphatic carbocycles. The second-order valence-corrected chi connectivity index (χ2v) is 1.24. The molecule has 0 aromatic heterocycles. The van der Waals surface area contributed by atoms with E-state index in [-0.39, 0.29) is 96.9 Å². The Morgan fingerprint density at radius 2 is 1.09 bits per heavy atom. The second kappa shape index (κ2) is 14.7. The van der Waals surface area contributed by atoms with E-state index in [1.165, 1.54) is 0 Å². The first kappa shape index (κ1) is 23.2. The predicted molar refractivity (Wildman–Crippen MR) is 39.3 cm³/mol. The van der Waals surface area contributed by atoms with Crippen LogP contribution in [0, 0.1) is 0 Å². The van der Waals surface area contributed by atoms with Gasteiger partial charge in [0.2, 0.25) is 0 Å². The summed E-state index contributed by atoms with van der Waals surface area (Å²) >= 11 is 0. The number of hydrogen-bond donors (Lipinski definition) is 0. The van der Waals surface area contributed by atoms with Crippen LogP contribution in [0.5, 0.6) is 0 Å². The molecule has 0 spiro atoms. The average molecular weight is 204 g/mol. The molecule has 0 aliphatic heterocycles. The van der Waals surface area contributed by atoms with Gasteiger partial charge in [0.25, 0.3) is 0 Å². The number of carboxylic acids is 2. The molecule has 0 saturated heterocycles. The minimum absolute atomic E-state index is 0. The number of rotatable bonds is 3. The molecule has 0 saturated carbocycles. The third kappa shape index (κ3) is 24.5. The summed E-state index contributed by atoms with van der Waals surface area (Å²) in [6, 6.07) is 0. The first-order chi connectivity index (χ1) is 3.63. The number of hydrogen-bond acceptors (Lipinski definition) is 4. The van der Waals surface area contributed by atoms with E-state index in [1.807, 2.05) is 0 Å². The Morgan fingerprint density at radius 1 is 0.909 bits per heavy atom. The van der Waals surface area contributed by atoms with E-state index in [1.54, 1.807) is 0 Å². The molecule has 0 unspecified atom stereocenters. The monoisotopic (exact) mass is 204 g/mol.